The van der Waals surface area contributed by atoms with E-state index in [9.17, 15) is 10.0 Å². The molecule has 0 aliphatic rings. The largest absolute Gasteiger partial charge is 0.426 e. The standard InChI is InChI=1S/C16H18N2O4S/c1-11(18(20)16(17)19)3-4-12-7-10-15(21-12)22-13-5-8-14(23-2)9-6-13/h3-11,20H,1-2H3,(H2,17,19)/b4-3+. The molecule has 2 aromatic rings. The summed E-state index contributed by atoms with van der Waals surface area (Å²) in [4.78, 5) is 12.0. The van der Waals surface area contributed by atoms with E-state index < -0.39 is 12.1 Å². The third-order valence-corrected chi connectivity index (χ3v) is 3.77. The van der Waals surface area contributed by atoms with Crippen LogP contribution in [-0.4, -0.2) is 28.6 Å². The Kier molecular flexibility index (Phi) is 5.72. The van der Waals surface area contributed by atoms with Gasteiger partial charge >= 0.3 is 6.03 Å². The molecule has 0 radical (unpaired) electrons. The van der Waals surface area contributed by atoms with Crippen LogP contribution in [0.2, 0.25) is 0 Å². The summed E-state index contributed by atoms with van der Waals surface area (Å²) >= 11 is 1.66. The van der Waals surface area contributed by atoms with Crippen molar-refractivity contribution in [2.45, 2.75) is 17.9 Å². The molecule has 1 aromatic carbocycles. The first-order chi connectivity index (χ1) is 11.0. The van der Waals surface area contributed by atoms with E-state index >= 15 is 0 Å². The van der Waals surface area contributed by atoms with Crippen LogP contribution in [0.3, 0.4) is 0 Å². The molecule has 0 aliphatic heterocycles. The van der Waals surface area contributed by atoms with Crippen molar-refractivity contribution in [3.8, 4) is 11.7 Å². The first kappa shape index (κ1) is 17.0. The van der Waals surface area contributed by atoms with Crippen LogP contribution in [0.15, 0.2) is 51.8 Å². The molecule has 2 amide bonds. The minimum atomic E-state index is -0.917. The minimum absolute atomic E-state index is 0.352. The summed E-state index contributed by atoms with van der Waals surface area (Å²) in [6, 6.07) is 9.58. The van der Waals surface area contributed by atoms with E-state index in [0.717, 1.165) is 4.90 Å². The van der Waals surface area contributed by atoms with Crippen molar-refractivity contribution >= 4 is 23.9 Å². The predicted molar refractivity (Wildman–Crippen MR) is 88.7 cm³/mol. The molecule has 1 heterocycles. The van der Waals surface area contributed by atoms with Gasteiger partial charge in [-0.1, -0.05) is 6.08 Å². The number of benzene rings is 1. The zero-order chi connectivity index (χ0) is 16.8. The highest BCUT2D eigenvalue weighted by atomic mass is 32.2. The molecule has 122 valence electrons. The van der Waals surface area contributed by atoms with E-state index in [1.807, 2.05) is 30.5 Å². The molecule has 0 saturated carbocycles. The van der Waals surface area contributed by atoms with Crippen molar-refractivity contribution in [2.75, 3.05) is 6.26 Å². The van der Waals surface area contributed by atoms with Crippen LogP contribution in [0.5, 0.6) is 11.7 Å². The zero-order valence-electron chi connectivity index (χ0n) is 12.8. The van der Waals surface area contributed by atoms with E-state index in [0.29, 0.717) is 22.5 Å². The van der Waals surface area contributed by atoms with Crippen molar-refractivity contribution < 1.29 is 19.2 Å². The van der Waals surface area contributed by atoms with Crippen LogP contribution in [0.25, 0.3) is 6.08 Å². The maximum atomic E-state index is 10.8. The predicted octanol–water partition coefficient (Wildman–Crippen LogP) is 3.97. The SMILES string of the molecule is CSc1ccc(Oc2ccc(/C=C/C(C)N(O)C(N)=O)o2)cc1. The van der Waals surface area contributed by atoms with E-state index in [4.69, 9.17) is 14.9 Å². The average Bonchev–Trinajstić information content (AvgIpc) is 3.00. The molecule has 0 bridgehead atoms. The number of thioether (sulfide) groups is 1. The van der Waals surface area contributed by atoms with Crippen molar-refractivity contribution in [1.82, 2.24) is 5.06 Å². The Balaban J connectivity index is 1.98. The second-order valence-corrected chi connectivity index (χ2v) is 5.60. The first-order valence-electron chi connectivity index (χ1n) is 6.87. The molecular formula is C16H18N2O4S. The van der Waals surface area contributed by atoms with Gasteiger partial charge in [0.15, 0.2) is 0 Å². The second kappa shape index (κ2) is 7.75. The van der Waals surface area contributed by atoms with Crippen LogP contribution in [0.1, 0.15) is 12.7 Å². The Hall–Kier alpha value is -2.38. The summed E-state index contributed by atoms with van der Waals surface area (Å²) in [5, 5.41) is 9.80. The lowest BCUT2D eigenvalue weighted by Gasteiger charge is -2.16. The molecule has 1 unspecified atom stereocenters. The third kappa shape index (κ3) is 4.80. The first-order valence-corrected chi connectivity index (χ1v) is 8.09. The van der Waals surface area contributed by atoms with Gasteiger partial charge in [0.2, 0.25) is 0 Å². The molecule has 23 heavy (non-hydrogen) atoms. The van der Waals surface area contributed by atoms with Crippen LogP contribution in [0, 0.1) is 0 Å². The van der Waals surface area contributed by atoms with Crippen molar-refractivity contribution in [2.24, 2.45) is 5.73 Å². The number of hydroxylamine groups is 2. The van der Waals surface area contributed by atoms with Gasteiger partial charge in [0.25, 0.3) is 5.95 Å². The Labute approximate surface area is 138 Å². The van der Waals surface area contributed by atoms with Gasteiger partial charge in [-0.3, -0.25) is 5.21 Å². The maximum Gasteiger partial charge on any atom is 0.339 e. The molecule has 3 N–H and O–H groups in total. The third-order valence-electron chi connectivity index (χ3n) is 3.03. The Morgan fingerprint density at radius 2 is 2.04 bits per heavy atom. The summed E-state index contributed by atoms with van der Waals surface area (Å²) in [6.45, 7) is 1.62. The van der Waals surface area contributed by atoms with E-state index in [1.54, 1.807) is 43.0 Å². The van der Waals surface area contributed by atoms with Crippen molar-refractivity contribution in [3.63, 3.8) is 0 Å². The normalized spacial score (nSPS) is 12.3. The van der Waals surface area contributed by atoms with Gasteiger partial charge < -0.3 is 14.9 Å². The number of hydrogen-bond acceptors (Lipinski definition) is 5. The molecule has 6 nitrogen and oxygen atoms in total. The van der Waals surface area contributed by atoms with Crippen LogP contribution in [0.4, 0.5) is 4.79 Å². The fourth-order valence-corrected chi connectivity index (χ4v) is 2.16. The van der Waals surface area contributed by atoms with Gasteiger partial charge in [0, 0.05) is 11.0 Å². The number of ether oxygens (including phenoxy) is 1. The highest BCUT2D eigenvalue weighted by Crippen LogP contribution is 2.26. The highest BCUT2D eigenvalue weighted by molar-refractivity contribution is 7.98. The summed E-state index contributed by atoms with van der Waals surface area (Å²) in [5.74, 6) is 1.56. The maximum absolute atomic E-state index is 10.8. The Morgan fingerprint density at radius 3 is 2.65 bits per heavy atom. The molecule has 0 aliphatic carbocycles. The molecule has 0 fully saturated rings. The average molecular weight is 334 g/mol. The smallest absolute Gasteiger partial charge is 0.339 e. The number of carbonyl (C=O) groups is 1. The van der Waals surface area contributed by atoms with Crippen LogP contribution < -0.4 is 10.5 Å². The topological polar surface area (TPSA) is 88.9 Å². The lowest BCUT2D eigenvalue weighted by atomic mass is 10.3. The second-order valence-electron chi connectivity index (χ2n) is 4.72. The number of nitrogens with two attached hydrogens (primary N) is 1. The highest BCUT2D eigenvalue weighted by Gasteiger charge is 2.11. The number of hydrogen-bond donors (Lipinski definition) is 2. The number of rotatable bonds is 6. The summed E-state index contributed by atoms with van der Waals surface area (Å²) in [7, 11) is 0. The molecule has 0 saturated heterocycles. The fourth-order valence-electron chi connectivity index (χ4n) is 1.76. The van der Waals surface area contributed by atoms with Crippen LogP contribution in [-0.2, 0) is 0 Å². The Morgan fingerprint density at radius 1 is 1.35 bits per heavy atom. The van der Waals surface area contributed by atoms with Gasteiger partial charge in [0.1, 0.15) is 11.5 Å². The van der Waals surface area contributed by atoms with E-state index in [1.165, 1.54) is 0 Å². The number of carbonyl (C=O) groups excluding carboxylic acids is 1. The fraction of sp³-hybridized carbons (Fsp3) is 0.188. The van der Waals surface area contributed by atoms with Crippen molar-refractivity contribution in [3.05, 3.63) is 48.2 Å². The quantitative estimate of drug-likeness (QED) is 0.474. The lowest BCUT2D eigenvalue weighted by molar-refractivity contribution is -0.0560. The Bertz CT molecular complexity index is 682. The van der Waals surface area contributed by atoms with E-state index in [-0.39, 0.29) is 0 Å². The van der Waals surface area contributed by atoms with Gasteiger partial charge in [-0.15, -0.1) is 11.8 Å². The summed E-state index contributed by atoms with van der Waals surface area (Å²) < 4.78 is 11.1. The molecule has 7 heteroatoms. The number of urea groups is 1. The van der Waals surface area contributed by atoms with Crippen LogP contribution >= 0.6 is 11.8 Å². The monoisotopic (exact) mass is 334 g/mol. The molecule has 1 atom stereocenters. The molecule has 0 spiro atoms. The number of furan rings is 1. The van der Waals surface area contributed by atoms with Gasteiger partial charge in [0.05, 0.1) is 6.04 Å². The van der Waals surface area contributed by atoms with E-state index in [2.05, 4.69) is 0 Å². The lowest BCUT2D eigenvalue weighted by Crippen LogP contribution is -2.38. The van der Waals surface area contributed by atoms with Gasteiger partial charge in [-0.2, -0.15) is 5.06 Å². The number of primary amides is 1. The summed E-state index contributed by atoms with van der Waals surface area (Å²) in [5.41, 5.74) is 4.97. The molecular weight excluding hydrogens is 316 g/mol. The molecule has 1 aromatic heterocycles. The molecule has 2 rings (SSSR count). The number of nitrogens with zero attached hydrogens (tertiary/aromatic N) is 1. The summed E-state index contributed by atoms with van der Waals surface area (Å²) in [6.07, 6.45) is 5.22. The minimum Gasteiger partial charge on any atom is -0.426 e. The van der Waals surface area contributed by atoms with Gasteiger partial charge in [-0.25, -0.2) is 4.79 Å². The zero-order valence-corrected chi connectivity index (χ0v) is 13.6. The number of amides is 2. The van der Waals surface area contributed by atoms with Gasteiger partial charge in [-0.05, 0) is 49.6 Å². The van der Waals surface area contributed by atoms with Crippen molar-refractivity contribution in [1.29, 1.82) is 0 Å².